The van der Waals surface area contributed by atoms with E-state index >= 15 is 0 Å². The molecule has 0 saturated carbocycles. The van der Waals surface area contributed by atoms with Crippen LogP contribution in [0.1, 0.15) is 0 Å². The van der Waals surface area contributed by atoms with Crippen LogP contribution in [-0.4, -0.2) is 19.5 Å². The van der Waals surface area contributed by atoms with E-state index in [4.69, 9.17) is 12.2 Å². The first-order chi connectivity index (χ1) is 7.86. The van der Waals surface area contributed by atoms with E-state index in [1.165, 1.54) is 0 Å². The number of imidazole rings is 1. The number of benzene rings is 1. The van der Waals surface area contributed by atoms with Gasteiger partial charge < -0.3 is 4.98 Å². The van der Waals surface area contributed by atoms with E-state index in [9.17, 15) is 0 Å². The second-order valence-electron chi connectivity index (χ2n) is 3.36. The number of para-hydroxylation sites is 1. The van der Waals surface area contributed by atoms with Crippen LogP contribution in [0.25, 0.3) is 16.9 Å². The molecule has 0 radical (unpaired) electrons. The van der Waals surface area contributed by atoms with Crippen molar-refractivity contribution in [3.8, 4) is 5.69 Å². The molecule has 0 atom stereocenters. The highest BCUT2D eigenvalue weighted by molar-refractivity contribution is 7.71. The highest BCUT2D eigenvalue weighted by atomic mass is 32.1. The highest BCUT2D eigenvalue weighted by Crippen LogP contribution is 2.15. The summed E-state index contributed by atoms with van der Waals surface area (Å²) in [7, 11) is 0. The van der Waals surface area contributed by atoms with E-state index in [0.717, 1.165) is 16.9 Å². The van der Waals surface area contributed by atoms with Crippen molar-refractivity contribution < 1.29 is 0 Å². The van der Waals surface area contributed by atoms with Gasteiger partial charge in [-0.15, -0.1) is 0 Å². The molecule has 2 heterocycles. The molecule has 0 unspecified atom stereocenters. The second kappa shape index (κ2) is 3.53. The number of hydrogen-bond donors (Lipinski definition) is 1. The summed E-state index contributed by atoms with van der Waals surface area (Å²) in [5.74, 6) is 0. The Kier molecular flexibility index (Phi) is 2.04. The summed E-state index contributed by atoms with van der Waals surface area (Å²) in [5.41, 5.74) is 2.63. The van der Waals surface area contributed by atoms with Gasteiger partial charge in [0.15, 0.2) is 4.64 Å². The number of nitrogens with zero attached hydrogens (tertiary/aromatic N) is 3. The monoisotopic (exact) mass is 228 g/mol. The molecule has 0 aliphatic heterocycles. The van der Waals surface area contributed by atoms with Crippen LogP contribution in [0, 0.1) is 4.64 Å². The third-order valence-corrected chi connectivity index (χ3v) is 2.69. The van der Waals surface area contributed by atoms with Gasteiger partial charge in [-0.25, -0.2) is 9.97 Å². The summed E-state index contributed by atoms with van der Waals surface area (Å²) in [5, 5.41) is 0. The zero-order chi connectivity index (χ0) is 11.0. The Morgan fingerprint density at radius 1 is 1.12 bits per heavy atom. The average molecular weight is 228 g/mol. The lowest BCUT2D eigenvalue weighted by Gasteiger charge is -2.02. The fraction of sp³-hybridized carbons (Fsp3) is 0. The van der Waals surface area contributed by atoms with Crippen LogP contribution in [-0.2, 0) is 0 Å². The molecule has 0 aliphatic carbocycles. The molecule has 78 valence electrons. The van der Waals surface area contributed by atoms with Gasteiger partial charge in [0.05, 0.1) is 6.33 Å². The summed E-state index contributed by atoms with van der Waals surface area (Å²) < 4.78 is 2.47. The predicted molar refractivity (Wildman–Crippen MR) is 64.0 cm³/mol. The minimum atomic E-state index is 0.517. The normalized spacial score (nSPS) is 10.8. The fourth-order valence-corrected chi connectivity index (χ4v) is 1.84. The Bertz CT molecular complexity index is 684. The van der Waals surface area contributed by atoms with E-state index in [1.807, 2.05) is 34.9 Å². The van der Waals surface area contributed by atoms with Crippen LogP contribution in [0.4, 0.5) is 0 Å². The Morgan fingerprint density at radius 3 is 2.75 bits per heavy atom. The topological polar surface area (TPSA) is 46.5 Å². The minimum Gasteiger partial charge on any atom is -0.330 e. The maximum Gasteiger partial charge on any atom is 0.157 e. The summed E-state index contributed by atoms with van der Waals surface area (Å²) in [4.78, 5) is 11.3. The third-order valence-electron chi connectivity index (χ3n) is 2.39. The third kappa shape index (κ3) is 1.33. The van der Waals surface area contributed by atoms with Gasteiger partial charge in [-0.2, -0.15) is 0 Å². The molecule has 0 spiro atoms. The average Bonchev–Trinajstić information content (AvgIpc) is 2.75. The Hall–Kier alpha value is -2.01. The molecule has 0 bridgehead atoms. The maximum atomic E-state index is 5.11. The van der Waals surface area contributed by atoms with E-state index in [-0.39, 0.29) is 0 Å². The summed E-state index contributed by atoms with van der Waals surface area (Å²) >= 11 is 5.11. The Labute approximate surface area is 96.6 Å². The Balaban J connectivity index is 2.34. The van der Waals surface area contributed by atoms with Gasteiger partial charge in [0, 0.05) is 5.69 Å². The number of hydrogen-bond acceptors (Lipinski definition) is 3. The fourth-order valence-electron chi connectivity index (χ4n) is 1.64. The van der Waals surface area contributed by atoms with Crippen LogP contribution in [0.5, 0.6) is 0 Å². The van der Waals surface area contributed by atoms with Crippen molar-refractivity contribution in [3.05, 3.63) is 47.6 Å². The van der Waals surface area contributed by atoms with Gasteiger partial charge in [0.2, 0.25) is 0 Å². The zero-order valence-electron chi connectivity index (χ0n) is 8.29. The first kappa shape index (κ1) is 9.23. The molecular weight excluding hydrogens is 220 g/mol. The van der Waals surface area contributed by atoms with E-state index in [2.05, 4.69) is 15.0 Å². The van der Waals surface area contributed by atoms with Crippen molar-refractivity contribution in [2.75, 3.05) is 0 Å². The molecule has 1 N–H and O–H groups in total. The molecule has 3 aromatic rings. The van der Waals surface area contributed by atoms with Crippen molar-refractivity contribution in [1.82, 2.24) is 19.5 Å². The molecule has 0 amide bonds. The Morgan fingerprint density at radius 2 is 1.94 bits per heavy atom. The number of rotatable bonds is 1. The lowest BCUT2D eigenvalue weighted by atomic mass is 10.3. The van der Waals surface area contributed by atoms with Gasteiger partial charge in [-0.1, -0.05) is 30.4 Å². The molecule has 2 aromatic heterocycles. The molecule has 3 rings (SSSR count). The lowest BCUT2D eigenvalue weighted by molar-refractivity contribution is 1.06. The van der Waals surface area contributed by atoms with Gasteiger partial charge in [0.1, 0.15) is 17.5 Å². The summed E-state index contributed by atoms with van der Waals surface area (Å²) in [6, 6.07) is 9.97. The first-order valence-electron chi connectivity index (χ1n) is 4.82. The van der Waals surface area contributed by atoms with Crippen molar-refractivity contribution in [1.29, 1.82) is 0 Å². The minimum absolute atomic E-state index is 0.517. The molecular formula is C11H8N4S. The molecule has 5 heteroatoms. The van der Waals surface area contributed by atoms with E-state index < -0.39 is 0 Å². The van der Waals surface area contributed by atoms with Gasteiger partial charge in [-0.3, -0.25) is 4.57 Å². The summed E-state index contributed by atoms with van der Waals surface area (Å²) in [6.07, 6.45) is 3.33. The first-order valence-corrected chi connectivity index (χ1v) is 5.23. The number of nitrogens with one attached hydrogen (secondary N) is 1. The number of fused-ring (bicyclic) bond motifs is 1. The van der Waals surface area contributed by atoms with Crippen LogP contribution >= 0.6 is 12.2 Å². The molecule has 0 saturated heterocycles. The zero-order valence-corrected chi connectivity index (χ0v) is 9.11. The number of H-pyrrole nitrogens is 1. The van der Waals surface area contributed by atoms with Crippen molar-refractivity contribution in [3.63, 3.8) is 0 Å². The van der Waals surface area contributed by atoms with E-state index in [0.29, 0.717) is 4.64 Å². The molecule has 0 fully saturated rings. The predicted octanol–water partition coefficient (Wildman–Crippen LogP) is 2.48. The van der Waals surface area contributed by atoms with Gasteiger partial charge in [-0.05, 0) is 12.1 Å². The summed E-state index contributed by atoms with van der Waals surface area (Å²) in [6.45, 7) is 0. The van der Waals surface area contributed by atoms with Gasteiger partial charge >= 0.3 is 0 Å². The quantitative estimate of drug-likeness (QED) is 0.651. The van der Waals surface area contributed by atoms with Crippen molar-refractivity contribution >= 4 is 23.4 Å². The maximum absolute atomic E-state index is 5.11. The van der Waals surface area contributed by atoms with Crippen molar-refractivity contribution in [2.45, 2.75) is 0 Å². The molecule has 0 aliphatic rings. The molecule has 1 aromatic carbocycles. The lowest BCUT2D eigenvalue weighted by Crippen LogP contribution is -1.93. The standard InChI is InChI=1S/C11H8N4S/c16-11-9-10(12-6-13-11)15(7-14-9)8-4-2-1-3-5-8/h1-7H,(H,12,13,16). The largest absolute Gasteiger partial charge is 0.330 e. The van der Waals surface area contributed by atoms with Crippen LogP contribution in [0.15, 0.2) is 43.0 Å². The smallest absolute Gasteiger partial charge is 0.157 e. The number of aromatic nitrogens is 4. The van der Waals surface area contributed by atoms with Crippen LogP contribution in [0.3, 0.4) is 0 Å². The second-order valence-corrected chi connectivity index (χ2v) is 3.74. The van der Waals surface area contributed by atoms with E-state index in [1.54, 1.807) is 12.7 Å². The molecule has 16 heavy (non-hydrogen) atoms. The van der Waals surface area contributed by atoms with Crippen LogP contribution in [0.2, 0.25) is 0 Å². The highest BCUT2D eigenvalue weighted by Gasteiger charge is 2.05. The van der Waals surface area contributed by atoms with Crippen molar-refractivity contribution in [2.24, 2.45) is 0 Å². The number of aromatic amines is 1. The van der Waals surface area contributed by atoms with Gasteiger partial charge in [0.25, 0.3) is 0 Å². The molecule has 4 nitrogen and oxygen atoms in total. The SMILES string of the molecule is S=c1nc[nH]c2c1ncn2-c1ccccc1. The van der Waals surface area contributed by atoms with Crippen LogP contribution < -0.4 is 0 Å².